The number of unbranched alkanes of at least 4 members (excludes halogenated alkanes) is 2. The van der Waals surface area contributed by atoms with Crippen LogP contribution in [0.5, 0.6) is 11.5 Å². The number of nitrogens with zero attached hydrogens (tertiary/aromatic N) is 4. The minimum atomic E-state index is -1.45. The highest BCUT2D eigenvalue weighted by Gasteiger charge is 2.36. The van der Waals surface area contributed by atoms with Crippen molar-refractivity contribution in [2.24, 2.45) is 15.7 Å². The summed E-state index contributed by atoms with van der Waals surface area (Å²) in [7, 11) is 1.35. The van der Waals surface area contributed by atoms with Crippen LogP contribution in [0.2, 0.25) is 0 Å². The van der Waals surface area contributed by atoms with Gasteiger partial charge in [0.25, 0.3) is 0 Å². The number of nitrogens with one attached hydrogen (secondary N) is 4. The molecule has 0 radical (unpaired) electrons. The van der Waals surface area contributed by atoms with Gasteiger partial charge in [-0.2, -0.15) is 5.26 Å². The first-order valence-corrected chi connectivity index (χ1v) is 20.1. The SMILES string of the molecule is C=NC(=N/C(C)=C(\C)C(=O)N[C@@H](CCN)C(=O)N(C)[C@@H]1C(=O)N[C@@H](C)C(=O)N[C@H](C(=O)NCC#N)Cc2ccc(O)c(c2)-c2cc1ccc2O)c1ccc(CCCCC)cc1. The maximum Gasteiger partial charge on any atom is 0.249 e. The highest BCUT2D eigenvalue weighted by Crippen LogP contribution is 2.39. The second kappa shape index (κ2) is 21.9. The van der Waals surface area contributed by atoms with E-state index in [2.05, 4.69) is 44.9 Å². The van der Waals surface area contributed by atoms with Crippen LogP contribution in [0, 0.1) is 11.3 Å². The molecule has 1 aliphatic heterocycles. The number of fused-ring (bicyclic) bond motifs is 5. The van der Waals surface area contributed by atoms with Crippen LogP contribution in [0.15, 0.2) is 81.9 Å². The Hall–Kier alpha value is -6.86. The fraction of sp³-hybridized carbons (Fsp3) is 0.378. The topological polar surface area (TPSA) is 252 Å². The number of nitriles is 1. The molecule has 0 aromatic heterocycles. The monoisotopic (exact) mass is 833 g/mol. The summed E-state index contributed by atoms with van der Waals surface area (Å²) in [5, 5.41) is 41.4. The molecule has 4 rings (SSSR count). The van der Waals surface area contributed by atoms with Crippen LogP contribution >= 0.6 is 0 Å². The summed E-state index contributed by atoms with van der Waals surface area (Å²) in [6.07, 6.45) is 4.25. The number of likely N-dealkylation sites (N-methyl/N-ethyl adjacent to an activating group) is 1. The van der Waals surface area contributed by atoms with Gasteiger partial charge in [-0.3, -0.25) is 24.0 Å². The summed E-state index contributed by atoms with van der Waals surface area (Å²) in [4.78, 5) is 78.7. The maximum absolute atomic E-state index is 14.4. The van der Waals surface area contributed by atoms with Gasteiger partial charge in [0.15, 0.2) is 5.84 Å². The van der Waals surface area contributed by atoms with Crippen molar-refractivity contribution in [3.05, 3.63) is 94.2 Å². The number of hydrogen-bond donors (Lipinski definition) is 7. The van der Waals surface area contributed by atoms with Crippen LogP contribution in [0.3, 0.4) is 0 Å². The van der Waals surface area contributed by atoms with E-state index < -0.39 is 53.7 Å². The van der Waals surface area contributed by atoms with Crippen molar-refractivity contribution in [1.82, 2.24) is 26.2 Å². The summed E-state index contributed by atoms with van der Waals surface area (Å²) < 4.78 is 0. The average molecular weight is 834 g/mol. The lowest BCUT2D eigenvalue weighted by molar-refractivity contribution is -0.142. The molecule has 61 heavy (non-hydrogen) atoms. The number of hydrogen-bond acceptors (Lipinski definition) is 10. The first-order valence-electron chi connectivity index (χ1n) is 20.1. The lowest BCUT2D eigenvalue weighted by Crippen LogP contribution is -2.56. The summed E-state index contributed by atoms with van der Waals surface area (Å²) in [6, 6.07) is 13.2. The van der Waals surface area contributed by atoms with Crippen molar-refractivity contribution in [3.63, 3.8) is 0 Å². The lowest BCUT2D eigenvalue weighted by atomic mass is 9.93. The molecule has 16 nitrogen and oxygen atoms in total. The summed E-state index contributed by atoms with van der Waals surface area (Å²) >= 11 is 0. The number of benzene rings is 3. The maximum atomic E-state index is 14.4. The fourth-order valence-corrected chi connectivity index (χ4v) is 6.83. The van der Waals surface area contributed by atoms with Crippen LogP contribution in [0.25, 0.3) is 11.1 Å². The number of amides is 5. The molecule has 3 aromatic carbocycles. The highest BCUT2D eigenvalue weighted by molar-refractivity contribution is 6.03. The van der Waals surface area contributed by atoms with Gasteiger partial charge in [-0.15, -0.1) is 0 Å². The van der Waals surface area contributed by atoms with Gasteiger partial charge in [0.05, 0.1) is 6.07 Å². The van der Waals surface area contributed by atoms with E-state index in [1.165, 1.54) is 49.9 Å². The van der Waals surface area contributed by atoms with Gasteiger partial charge in [0.2, 0.25) is 29.5 Å². The lowest BCUT2D eigenvalue weighted by Gasteiger charge is -2.32. The molecule has 0 fully saturated rings. The number of phenolic OH excluding ortho intramolecular Hbond substituents is 2. The third kappa shape index (κ3) is 12.1. The zero-order valence-corrected chi connectivity index (χ0v) is 35.2. The second-order valence-electron chi connectivity index (χ2n) is 14.9. The molecule has 0 aliphatic carbocycles. The number of aromatic hydroxyl groups is 2. The Kier molecular flexibility index (Phi) is 16.8. The molecule has 0 spiro atoms. The number of aliphatic imine (C=N–C) groups is 2. The molecule has 4 bridgehead atoms. The van der Waals surface area contributed by atoms with Crippen LogP contribution < -0.4 is 27.0 Å². The second-order valence-corrected chi connectivity index (χ2v) is 14.9. The Balaban J connectivity index is 1.69. The molecule has 0 saturated carbocycles. The molecule has 16 heteroatoms. The van der Waals surface area contributed by atoms with E-state index in [1.807, 2.05) is 30.3 Å². The smallest absolute Gasteiger partial charge is 0.249 e. The van der Waals surface area contributed by atoms with Crippen LogP contribution in [0.1, 0.15) is 81.7 Å². The molecule has 322 valence electrons. The first-order chi connectivity index (χ1) is 29.1. The van der Waals surface area contributed by atoms with E-state index in [0.29, 0.717) is 22.7 Å². The van der Waals surface area contributed by atoms with Crippen molar-refractivity contribution >= 4 is 42.1 Å². The van der Waals surface area contributed by atoms with Crippen LogP contribution in [0.4, 0.5) is 0 Å². The van der Waals surface area contributed by atoms with Crippen molar-refractivity contribution in [2.45, 2.75) is 90.4 Å². The number of amidine groups is 1. The third-order valence-corrected chi connectivity index (χ3v) is 10.5. The van der Waals surface area contributed by atoms with Crippen molar-refractivity contribution in [2.75, 3.05) is 20.1 Å². The molecule has 3 aromatic rings. The summed E-state index contributed by atoms with van der Waals surface area (Å²) in [5.41, 5.74) is 9.28. The van der Waals surface area contributed by atoms with Gasteiger partial charge in [-0.25, -0.2) is 9.98 Å². The predicted molar refractivity (Wildman–Crippen MR) is 232 cm³/mol. The van der Waals surface area contributed by atoms with Gasteiger partial charge >= 0.3 is 0 Å². The predicted octanol–water partition coefficient (Wildman–Crippen LogP) is 3.46. The Labute approximate surface area is 356 Å². The van der Waals surface area contributed by atoms with Crippen molar-refractivity contribution < 1.29 is 34.2 Å². The molecule has 8 N–H and O–H groups in total. The van der Waals surface area contributed by atoms with Crippen molar-refractivity contribution in [3.8, 4) is 28.7 Å². The van der Waals surface area contributed by atoms with E-state index in [4.69, 9.17) is 11.0 Å². The largest absolute Gasteiger partial charge is 0.507 e. The molecular weight excluding hydrogens is 779 g/mol. The molecule has 0 saturated heterocycles. The Morgan fingerprint density at radius 2 is 1.67 bits per heavy atom. The molecule has 4 atom stereocenters. The quantitative estimate of drug-likeness (QED) is 0.0413. The minimum Gasteiger partial charge on any atom is -0.507 e. The highest BCUT2D eigenvalue weighted by atomic mass is 16.3. The van der Waals surface area contributed by atoms with Gasteiger partial charge in [-0.05, 0) is 94.3 Å². The zero-order chi connectivity index (χ0) is 44.8. The molecule has 5 amide bonds. The molecule has 1 heterocycles. The Morgan fingerprint density at radius 1 is 1.00 bits per heavy atom. The Morgan fingerprint density at radius 3 is 2.31 bits per heavy atom. The number of aryl methyl sites for hydroxylation is 1. The van der Waals surface area contributed by atoms with Gasteiger partial charge in [0.1, 0.15) is 42.2 Å². The van der Waals surface area contributed by atoms with E-state index in [9.17, 15) is 34.2 Å². The molecule has 1 aliphatic rings. The molecule has 0 unspecified atom stereocenters. The van der Waals surface area contributed by atoms with Crippen LogP contribution in [-0.4, -0.2) is 95.5 Å². The molecular formula is C45H55N9O7. The number of allylic oxidation sites excluding steroid dienone is 1. The van der Waals surface area contributed by atoms with Crippen molar-refractivity contribution in [1.29, 1.82) is 5.26 Å². The minimum absolute atomic E-state index is 0.0143. The van der Waals surface area contributed by atoms with Crippen LogP contribution in [-0.2, 0) is 36.8 Å². The number of nitrogens with two attached hydrogens (primary N) is 1. The van der Waals surface area contributed by atoms with E-state index in [1.54, 1.807) is 19.9 Å². The number of phenols is 2. The van der Waals surface area contributed by atoms with E-state index in [-0.39, 0.29) is 59.7 Å². The zero-order valence-electron chi connectivity index (χ0n) is 35.2. The number of rotatable bonds is 14. The average Bonchev–Trinajstić information content (AvgIpc) is 3.24. The van der Waals surface area contributed by atoms with E-state index >= 15 is 0 Å². The van der Waals surface area contributed by atoms with Gasteiger partial charge in [0, 0.05) is 41.4 Å². The standard InChI is InChI=1S/C45H55N9O7/c1-7-8-9-10-29-11-14-31(15-12-29)40(48-5)50-27(3)26(2)41(57)52-35(19-20-46)45(61)54(6)39-32-16-18-38(56)34(25-32)33-23-30(13-17-37(33)55)24-36(43(59)49-22-21-47)53-42(58)28(4)51-44(39)60/h11-18,23,25,28,35-36,39,55-56H,5,7-10,19-20,22,24,46H2,1-4,6H3,(H,49,59)(H,51,60)(H,52,57)(H,53,58)/b27-26+,50-40?/t28-,35-,36-,39-/m0/s1. The van der Waals surface area contributed by atoms with Gasteiger partial charge in [-0.1, -0.05) is 56.2 Å². The normalized spacial score (nSPS) is 17.6. The summed E-state index contributed by atoms with van der Waals surface area (Å²) in [5.74, 6) is -3.71. The fourth-order valence-electron chi connectivity index (χ4n) is 6.83. The third-order valence-electron chi connectivity index (χ3n) is 10.5. The van der Waals surface area contributed by atoms with Gasteiger partial charge < -0.3 is 42.1 Å². The number of carbonyl (C=O) groups is 5. The summed E-state index contributed by atoms with van der Waals surface area (Å²) in [6.45, 7) is 10.1. The first kappa shape index (κ1) is 46.8. The Bertz CT molecular complexity index is 2230. The number of carbonyl (C=O) groups excluding carboxylic acids is 5. The van der Waals surface area contributed by atoms with E-state index in [0.717, 1.165) is 30.6 Å².